The average Bonchev–Trinajstić information content (AvgIpc) is 3.64. The summed E-state index contributed by atoms with van der Waals surface area (Å²) in [5.41, 5.74) is 5.31. The lowest BCUT2D eigenvalue weighted by Crippen LogP contribution is -2.09. The molecule has 0 radical (unpaired) electrons. The maximum atomic E-state index is 11.7. The summed E-state index contributed by atoms with van der Waals surface area (Å²) in [5, 5.41) is 12.5. The van der Waals surface area contributed by atoms with Crippen LogP contribution in [0.2, 0.25) is 0 Å². The van der Waals surface area contributed by atoms with Crippen LogP contribution in [0.15, 0.2) is 66.7 Å². The SMILES string of the molecule is COC(=O)C[C@@H]1COc2cc(O[C@@H]3CCc4c(-c5nnnn5-c5ccccc5)cccc43)ccc21. The van der Waals surface area contributed by atoms with E-state index in [-0.39, 0.29) is 18.0 Å². The minimum Gasteiger partial charge on any atom is -0.492 e. The van der Waals surface area contributed by atoms with Crippen molar-refractivity contribution in [2.75, 3.05) is 13.7 Å². The summed E-state index contributed by atoms with van der Waals surface area (Å²) in [4.78, 5) is 11.7. The highest BCUT2D eigenvalue weighted by Crippen LogP contribution is 2.42. The van der Waals surface area contributed by atoms with Gasteiger partial charge in [-0.1, -0.05) is 42.5 Å². The third-order valence-corrected chi connectivity index (χ3v) is 6.71. The normalized spacial score (nSPS) is 18.0. The highest BCUT2D eigenvalue weighted by molar-refractivity contribution is 5.71. The maximum Gasteiger partial charge on any atom is 0.306 e. The second-order valence-corrected chi connectivity index (χ2v) is 8.76. The van der Waals surface area contributed by atoms with E-state index < -0.39 is 0 Å². The van der Waals surface area contributed by atoms with E-state index in [1.807, 2.05) is 54.6 Å². The van der Waals surface area contributed by atoms with Crippen molar-refractivity contribution in [2.45, 2.75) is 31.3 Å². The molecule has 8 heteroatoms. The number of rotatable bonds is 6. The predicted octanol–water partition coefficient (Wildman–Crippen LogP) is 4.43. The first-order valence-electron chi connectivity index (χ1n) is 11.7. The molecule has 0 bridgehead atoms. The number of aromatic nitrogens is 4. The Kier molecular flexibility index (Phi) is 5.41. The Morgan fingerprint density at radius 3 is 2.83 bits per heavy atom. The second kappa shape index (κ2) is 8.87. The van der Waals surface area contributed by atoms with Crippen LogP contribution in [0, 0.1) is 0 Å². The lowest BCUT2D eigenvalue weighted by atomic mass is 9.98. The molecule has 0 saturated heterocycles. The van der Waals surface area contributed by atoms with E-state index >= 15 is 0 Å². The fourth-order valence-corrected chi connectivity index (χ4v) is 4.99. The highest BCUT2D eigenvalue weighted by atomic mass is 16.5. The molecule has 0 amide bonds. The van der Waals surface area contributed by atoms with Gasteiger partial charge in [-0.2, -0.15) is 4.68 Å². The molecule has 2 atom stereocenters. The zero-order valence-corrected chi connectivity index (χ0v) is 19.3. The van der Waals surface area contributed by atoms with E-state index in [0.29, 0.717) is 13.0 Å². The molecule has 6 rings (SSSR count). The number of hydrogen-bond donors (Lipinski definition) is 0. The number of benzene rings is 3. The van der Waals surface area contributed by atoms with Crippen molar-refractivity contribution in [3.05, 3.63) is 83.4 Å². The Hall–Kier alpha value is -4.20. The van der Waals surface area contributed by atoms with Crippen LogP contribution in [0.25, 0.3) is 17.1 Å². The van der Waals surface area contributed by atoms with E-state index in [1.165, 1.54) is 12.7 Å². The molecule has 1 aliphatic carbocycles. The number of methoxy groups -OCH3 is 1. The van der Waals surface area contributed by atoms with Crippen molar-refractivity contribution in [3.8, 4) is 28.6 Å². The Morgan fingerprint density at radius 1 is 1.09 bits per heavy atom. The molecule has 1 aliphatic heterocycles. The number of para-hydroxylation sites is 1. The van der Waals surface area contributed by atoms with Gasteiger partial charge in [0.2, 0.25) is 0 Å². The molecule has 2 heterocycles. The second-order valence-electron chi connectivity index (χ2n) is 8.76. The summed E-state index contributed by atoms with van der Waals surface area (Å²) in [6, 6.07) is 22.0. The van der Waals surface area contributed by atoms with Crippen LogP contribution in [0.5, 0.6) is 11.5 Å². The van der Waals surface area contributed by atoms with E-state index in [2.05, 4.69) is 27.7 Å². The molecule has 0 fully saturated rings. The smallest absolute Gasteiger partial charge is 0.306 e. The maximum absolute atomic E-state index is 11.7. The van der Waals surface area contributed by atoms with Crippen LogP contribution in [-0.2, 0) is 16.0 Å². The Bertz CT molecular complexity index is 1390. The molecular formula is C27H24N4O4. The average molecular weight is 469 g/mol. The van der Waals surface area contributed by atoms with E-state index in [0.717, 1.165) is 52.5 Å². The summed E-state index contributed by atoms with van der Waals surface area (Å²) >= 11 is 0. The van der Waals surface area contributed by atoms with Gasteiger partial charge in [-0.15, -0.1) is 5.10 Å². The van der Waals surface area contributed by atoms with Crippen molar-refractivity contribution >= 4 is 5.97 Å². The Balaban J connectivity index is 1.25. The van der Waals surface area contributed by atoms with Crippen molar-refractivity contribution in [3.63, 3.8) is 0 Å². The summed E-state index contributed by atoms with van der Waals surface area (Å²) in [7, 11) is 1.41. The van der Waals surface area contributed by atoms with Crippen LogP contribution in [0.4, 0.5) is 0 Å². The Labute approximate surface area is 202 Å². The van der Waals surface area contributed by atoms with Crippen molar-refractivity contribution in [2.24, 2.45) is 0 Å². The standard InChI is InChI=1S/C27H24N4O4/c1-33-26(32)14-17-16-34-25-15-19(10-11-20(17)25)35-24-13-12-21-22(24)8-5-9-23(21)27-28-29-30-31(27)18-6-3-2-4-7-18/h2-11,15,17,24H,12-14,16H2,1H3/t17-,24-/m1/s1. The van der Waals surface area contributed by atoms with Crippen LogP contribution < -0.4 is 9.47 Å². The molecule has 35 heavy (non-hydrogen) atoms. The van der Waals surface area contributed by atoms with Crippen molar-refractivity contribution in [1.82, 2.24) is 20.2 Å². The Morgan fingerprint density at radius 2 is 1.97 bits per heavy atom. The van der Waals surface area contributed by atoms with E-state index in [4.69, 9.17) is 14.2 Å². The number of nitrogens with zero attached hydrogens (tertiary/aromatic N) is 4. The van der Waals surface area contributed by atoms with E-state index in [1.54, 1.807) is 4.68 Å². The molecule has 8 nitrogen and oxygen atoms in total. The number of carbonyl (C=O) groups is 1. The highest BCUT2D eigenvalue weighted by Gasteiger charge is 2.30. The predicted molar refractivity (Wildman–Crippen MR) is 128 cm³/mol. The van der Waals surface area contributed by atoms with E-state index in [9.17, 15) is 4.79 Å². The number of esters is 1. The summed E-state index contributed by atoms with van der Waals surface area (Å²) in [5.74, 6) is 2.02. The molecule has 0 saturated carbocycles. The van der Waals surface area contributed by atoms with Gasteiger partial charge < -0.3 is 14.2 Å². The number of tetrazole rings is 1. The number of hydrogen-bond acceptors (Lipinski definition) is 7. The van der Waals surface area contributed by atoms with Crippen LogP contribution >= 0.6 is 0 Å². The number of fused-ring (bicyclic) bond motifs is 2. The third-order valence-electron chi connectivity index (χ3n) is 6.71. The molecule has 0 N–H and O–H groups in total. The minimum atomic E-state index is -0.233. The van der Waals surface area contributed by atoms with Gasteiger partial charge in [-0.3, -0.25) is 4.79 Å². The minimum absolute atomic E-state index is 0.0110. The van der Waals surface area contributed by atoms with Crippen LogP contribution in [0.1, 0.15) is 41.6 Å². The summed E-state index contributed by atoms with van der Waals surface area (Å²) in [6.07, 6.45) is 1.98. The topological polar surface area (TPSA) is 88.4 Å². The van der Waals surface area contributed by atoms with Crippen molar-refractivity contribution in [1.29, 1.82) is 0 Å². The van der Waals surface area contributed by atoms with Crippen LogP contribution in [0.3, 0.4) is 0 Å². The third kappa shape index (κ3) is 3.90. The van der Waals surface area contributed by atoms with Gasteiger partial charge in [0, 0.05) is 23.1 Å². The van der Waals surface area contributed by atoms with Gasteiger partial charge in [0.15, 0.2) is 5.82 Å². The molecular weight excluding hydrogens is 444 g/mol. The molecule has 4 aromatic rings. The molecule has 1 aromatic heterocycles. The summed E-state index contributed by atoms with van der Waals surface area (Å²) < 4.78 is 18.8. The van der Waals surface area contributed by atoms with Crippen molar-refractivity contribution < 1.29 is 19.0 Å². The monoisotopic (exact) mass is 468 g/mol. The first-order valence-corrected chi connectivity index (χ1v) is 11.7. The first kappa shape index (κ1) is 21.3. The van der Waals surface area contributed by atoms with Gasteiger partial charge in [0.1, 0.15) is 17.6 Å². The zero-order valence-electron chi connectivity index (χ0n) is 19.3. The fraction of sp³-hybridized carbons (Fsp3) is 0.259. The lowest BCUT2D eigenvalue weighted by Gasteiger charge is -2.16. The lowest BCUT2D eigenvalue weighted by molar-refractivity contribution is -0.141. The van der Waals surface area contributed by atoms with Gasteiger partial charge in [0.25, 0.3) is 0 Å². The summed E-state index contributed by atoms with van der Waals surface area (Å²) in [6.45, 7) is 0.472. The van der Waals surface area contributed by atoms with Gasteiger partial charge >= 0.3 is 5.97 Å². The number of ether oxygens (including phenoxy) is 3. The molecule has 0 spiro atoms. The quantitative estimate of drug-likeness (QED) is 0.387. The molecule has 3 aromatic carbocycles. The fourth-order valence-electron chi connectivity index (χ4n) is 4.99. The largest absolute Gasteiger partial charge is 0.492 e. The van der Waals surface area contributed by atoms with Gasteiger partial charge in [-0.25, -0.2) is 0 Å². The van der Waals surface area contributed by atoms with Gasteiger partial charge in [-0.05, 0) is 52.6 Å². The van der Waals surface area contributed by atoms with Gasteiger partial charge in [0.05, 0.1) is 25.8 Å². The molecule has 176 valence electrons. The zero-order chi connectivity index (χ0) is 23.8. The molecule has 0 unspecified atom stereocenters. The number of carbonyl (C=O) groups excluding carboxylic acids is 1. The molecule has 2 aliphatic rings. The van der Waals surface area contributed by atoms with Crippen LogP contribution in [-0.4, -0.2) is 39.9 Å². The first-order chi connectivity index (χ1) is 17.2.